The number of alkyl halides is 1. The van der Waals surface area contributed by atoms with Crippen LogP contribution in [0.5, 0.6) is 0 Å². The number of rotatable bonds is 1. The van der Waals surface area contributed by atoms with Gasteiger partial charge < -0.3 is 9.64 Å². The molecule has 1 aliphatic heterocycles. The van der Waals surface area contributed by atoms with Crippen LogP contribution in [0.4, 0.5) is 4.79 Å². The van der Waals surface area contributed by atoms with E-state index in [9.17, 15) is 9.59 Å². The van der Waals surface area contributed by atoms with Gasteiger partial charge in [-0.25, -0.2) is 4.79 Å². The Balaban J connectivity index is 2.48. The molecule has 6 heteroatoms. The van der Waals surface area contributed by atoms with Crippen LogP contribution in [0.3, 0.4) is 0 Å². The number of amides is 3. The second-order valence-corrected chi connectivity index (χ2v) is 4.55. The van der Waals surface area contributed by atoms with E-state index in [0.29, 0.717) is 19.7 Å². The molecule has 0 aliphatic carbocycles. The predicted molar refractivity (Wildman–Crippen MR) is 60.5 cm³/mol. The minimum atomic E-state index is -0.704. The van der Waals surface area contributed by atoms with Gasteiger partial charge in [-0.3, -0.25) is 10.1 Å². The largest absolute Gasteiger partial charge is 0.377 e. The van der Waals surface area contributed by atoms with Gasteiger partial charge in [0.15, 0.2) is 0 Å². The molecule has 16 heavy (non-hydrogen) atoms. The smallest absolute Gasteiger partial charge is 0.324 e. The zero-order chi connectivity index (χ0) is 12.1. The van der Waals surface area contributed by atoms with Crippen LogP contribution in [-0.4, -0.2) is 48.0 Å². The zero-order valence-electron chi connectivity index (χ0n) is 9.53. The molecule has 1 aliphatic rings. The lowest BCUT2D eigenvalue weighted by Gasteiger charge is -2.22. The van der Waals surface area contributed by atoms with Crippen LogP contribution in [0.15, 0.2) is 0 Å². The maximum absolute atomic E-state index is 11.7. The van der Waals surface area contributed by atoms with E-state index in [1.807, 2.05) is 6.92 Å². The molecule has 92 valence electrons. The average Bonchev–Trinajstić information content (AvgIpc) is 2.42. The molecule has 0 aromatic heterocycles. The van der Waals surface area contributed by atoms with E-state index in [2.05, 4.69) is 5.32 Å². The lowest BCUT2D eigenvalue weighted by atomic mass is 10.3. The Morgan fingerprint density at radius 1 is 1.56 bits per heavy atom. The van der Waals surface area contributed by atoms with Crippen LogP contribution in [0, 0.1) is 0 Å². The predicted octanol–water partition coefficient (Wildman–Crippen LogP) is 0.961. The number of hydrogen-bond acceptors (Lipinski definition) is 3. The Morgan fingerprint density at radius 2 is 2.25 bits per heavy atom. The Bertz CT molecular complexity index is 271. The molecule has 0 radical (unpaired) electrons. The first-order valence-electron chi connectivity index (χ1n) is 5.36. The summed E-state index contributed by atoms with van der Waals surface area (Å²) >= 11 is 5.56. The molecule has 3 amide bonds. The standard InChI is InChI=1S/C10H17ClN2O3/c1-7-6-13(4-3-5-16-7)10(15)12-9(14)8(2)11/h7-8H,3-6H2,1-2H3,(H,12,14,15). The van der Waals surface area contributed by atoms with E-state index in [4.69, 9.17) is 16.3 Å². The molecule has 1 N–H and O–H groups in total. The molecule has 0 aromatic rings. The molecule has 2 atom stereocenters. The molecule has 1 fully saturated rings. The summed E-state index contributed by atoms with van der Waals surface area (Å²) in [6.07, 6.45) is 0.777. The minimum Gasteiger partial charge on any atom is -0.377 e. The second-order valence-electron chi connectivity index (χ2n) is 3.89. The van der Waals surface area contributed by atoms with Crippen molar-refractivity contribution in [1.29, 1.82) is 0 Å². The van der Waals surface area contributed by atoms with Crippen molar-refractivity contribution in [3.8, 4) is 0 Å². The van der Waals surface area contributed by atoms with Crippen LogP contribution in [-0.2, 0) is 9.53 Å². The van der Waals surface area contributed by atoms with Crippen molar-refractivity contribution in [2.75, 3.05) is 19.7 Å². The molecule has 0 saturated carbocycles. The van der Waals surface area contributed by atoms with Crippen molar-refractivity contribution in [1.82, 2.24) is 10.2 Å². The zero-order valence-corrected chi connectivity index (χ0v) is 10.3. The van der Waals surface area contributed by atoms with Crippen LogP contribution >= 0.6 is 11.6 Å². The van der Waals surface area contributed by atoms with E-state index in [1.54, 1.807) is 4.90 Å². The van der Waals surface area contributed by atoms with Gasteiger partial charge in [0.05, 0.1) is 6.10 Å². The van der Waals surface area contributed by atoms with Gasteiger partial charge in [0.2, 0.25) is 5.91 Å². The average molecular weight is 249 g/mol. The summed E-state index contributed by atoms with van der Waals surface area (Å²) in [5.74, 6) is -0.468. The summed E-state index contributed by atoms with van der Waals surface area (Å²) in [6, 6.07) is -0.394. The fourth-order valence-electron chi connectivity index (χ4n) is 1.46. The van der Waals surface area contributed by atoms with Crippen LogP contribution < -0.4 is 5.32 Å². The summed E-state index contributed by atoms with van der Waals surface area (Å²) in [5, 5.41) is 1.55. The molecule has 0 bridgehead atoms. The van der Waals surface area contributed by atoms with Gasteiger partial charge in [-0.05, 0) is 20.3 Å². The summed E-state index contributed by atoms with van der Waals surface area (Å²) in [5.41, 5.74) is 0. The van der Waals surface area contributed by atoms with Crippen molar-refractivity contribution in [2.24, 2.45) is 0 Å². The third-order valence-corrected chi connectivity index (χ3v) is 2.53. The number of urea groups is 1. The van der Waals surface area contributed by atoms with Crippen molar-refractivity contribution >= 4 is 23.5 Å². The molecule has 5 nitrogen and oxygen atoms in total. The van der Waals surface area contributed by atoms with E-state index in [0.717, 1.165) is 6.42 Å². The molecular formula is C10H17ClN2O3. The number of carbonyl (C=O) groups excluding carboxylic acids is 2. The second kappa shape index (κ2) is 6.06. The van der Waals surface area contributed by atoms with Crippen molar-refractivity contribution in [2.45, 2.75) is 31.7 Å². The molecule has 1 heterocycles. The summed E-state index contributed by atoms with van der Waals surface area (Å²) in [7, 11) is 0. The van der Waals surface area contributed by atoms with Crippen molar-refractivity contribution < 1.29 is 14.3 Å². The highest BCUT2D eigenvalue weighted by Crippen LogP contribution is 2.05. The molecule has 1 rings (SSSR count). The quantitative estimate of drug-likeness (QED) is 0.704. The molecule has 1 saturated heterocycles. The van der Waals surface area contributed by atoms with Gasteiger partial charge in [0.1, 0.15) is 5.38 Å². The third kappa shape index (κ3) is 3.98. The molecular weight excluding hydrogens is 232 g/mol. The van der Waals surface area contributed by atoms with Crippen LogP contribution in [0.2, 0.25) is 0 Å². The number of ether oxygens (including phenoxy) is 1. The van der Waals surface area contributed by atoms with Gasteiger partial charge >= 0.3 is 6.03 Å². The van der Waals surface area contributed by atoms with E-state index >= 15 is 0 Å². The summed E-state index contributed by atoms with van der Waals surface area (Å²) in [6.45, 7) is 5.16. The van der Waals surface area contributed by atoms with Gasteiger partial charge in [-0.2, -0.15) is 0 Å². The normalized spacial score (nSPS) is 23.4. The lowest BCUT2D eigenvalue weighted by molar-refractivity contribution is -0.119. The summed E-state index contributed by atoms with van der Waals surface area (Å²) < 4.78 is 5.40. The van der Waals surface area contributed by atoms with Crippen molar-refractivity contribution in [3.05, 3.63) is 0 Å². The fraction of sp³-hybridized carbons (Fsp3) is 0.800. The van der Waals surface area contributed by atoms with E-state index < -0.39 is 17.3 Å². The van der Waals surface area contributed by atoms with Crippen LogP contribution in [0.25, 0.3) is 0 Å². The number of carbonyl (C=O) groups is 2. The highest BCUT2D eigenvalue weighted by atomic mass is 35.5. The minimum absolute atomic E-state index is 0.00298. The molecule has 2 unspecified atom stereocenters. The van der Waals surface area contributed by atoms with Gasteiger partial charge in [-0.15, -0.1) is 11.6 Å². The Hall–Kier alpha value is -0.810. The topological polar surface area (TPSA) is 58.6 Å². The van der Waals surface area contributed by atoms with Gasteiger partial charge in [0.25, 0.3) is 0 Å². The van der Waals surface area contributed by atoms with Gasteiger partial charge in [0, 0.05) is 19.7 Å². The summed E-state index contributed by atoms with van der Waals surface area (Å²) in [4.78, 5) is 24.5. The molecule has 0 aromatic carbocycles. The van der Waals surface area contributed by atoms with Crippen molar-refractivity contribution in [3.63, 3.8) is 0 Å². The first-order valence-corrected chi connectivity index (χ1v) is 5.79. The number of nitrogens with one attached hydrogen (secondary N) is 1. The number of halogens is 1. The molecule has 0 spiro atoms. The van der Waals surface area contributed by atoms with Gasteiger partial charge in [-0.1, -0.05) is 0 Å². The maximum Gasteiger partial charge on any atom is 0.324 e. The SMILES string of the molecule is CC1CN(C(=O)NC(=O)C(C)Cl)CCCO1. The maximum atomic E-state index is 11.7. The van der Waals surface area contributed by atoms with Crippen LogP contribution in [0.1, 0.15) is 20.3 Å². The number of nitrogens with zero attached hydrogens (tertiary/aromatic N) is 1. The highest BCUT2D eigenvalue weighted by molar-refractivity contribution is 6.31. The Morgan fingerprint density at radius 3 is 2.88 bits per heavy atom. The van der Waals surface area contributed by atoms with E-state index in [1.165, 1.54) is 6.92 Å². The number of imide groups is 1. The third-order valence-electron chi connectivity index (χ3n) is 2.33. The lowest BCUT2D eigenvalue weighted by Crippen LogP contribution is -2.46. The fourth-order valence-corrected chi connectivity index (χ4v) is 1.52. The highest BCUT2D eigenvalue weighted by Gasteiger charge is 2.22. The first kappa shape index (κ1) is 13.3. The number of hydrogen-bond donors (Lipinski definition) is 1. The Labute approximate surface area is 100 Å². The monoisotopic (exact) mass is 248 g/mol. The van der Waals surface area contributed by atoms with E-state index in [-0.39, 0.29) is 6.10 Å². The first-order chi connectivity index (χ1) is 7.50. The Kier molecular flexibility index (Phi) is 5.02.